The molecule has 0 aliphatic rings. The standard InChI is InChI=1S/C18H17N5O2S2/c1-3-25-14-6-4-12(5-7-14)16-21-22-18(23(16)2)27-11-15(24)20-17-13(10-19)8-9-26-17/h4-9H,3,11H2,1-2H3,(H,20,24). The number of thioether (sulfide) groups is 1. The number of nitrogens with zero attached hydrogens (tertiary/aromatic N) is 4. The summed E-state index contributed by atoms with van der Waals surface area (Å²) in [6.07, 6.45) is 0. The number of anilines is 1. The van der Waals surface area contributed by atoms with Crippen molar-refractivity contribution in [3.63, 3.8) is 0 Å². The number of ether oxygens (including phenoxy) is 1. The first kappa shape index (κ1) is 18.9. The Morgan fingerprint density at radius 1 is 1.33 bits per heavy atom. The normalized spacial score (nSPS) is 10.4. The Labute approximate surface area is 165 Å². The van der Waals surface area contributed by atoms with Crippen molar-refractivity contribution < 1.29 is 9.53 Å². The van der Waals surface area contributed by atoms with E-state index < -0.39 is 0 Å². The Morgan fingerprint density at radius 3 is 2.81 bits per heavy atom. The largest absolute Gasteiger partial charge is 0.494 e. The zero-order valence-electron chi connectivity index (χ0n) is 14.8. The van der Waals surface area contributed by atoms with Crippen LogP contribution in [0.2, 0.25) is 0 Å². The van der Waals surface area contributed by atoms with E-state index in [4.69, 9.17) is 10.00 Å². The molecule has 27 heavy (non-hydrogen) atoms. The van der Waals surface area contributed by atoms with Crippen LogP contribution in [0.15, 0.2) is 40.9 Å². The van der Waals surface area contributed by atoms with Crippen LogP contribution in [0, 0.1) is 11.3 Å². The van der Waals surface area contributed by atoms with Crippen LogP contribution >= 0.6 is 23.1 Å². The maximum atomic E-state index is 12.1. The molecule has 1 amide bonds. The molecule has 0 spiro atoms. The summed E-state index contributed by atoms with van der Waals surface area (Å²) in [5, 5.41) is 23.1. The zero-order chi connectivity index (χ0) is 19.2. The third-order valence-corrected chi connectivity index (χ3v) is 5.48. The molecule has 2 heterocycles. The minimum absolute atomic E-state index is 0.179. The monoisotopic (exact) mass is 399 g/mol. The van der Waals surface area contributed by atoms with Gasteiger partial charge in [0, 0.05) is 12.6 Å². The van der Waals surface area contributed by atoms with Crippen LogP contribution in [0.4, 0.5) is 5.00 Å². The van der Waals surface area contributed by atoms with E-state index in [0.717, 1.165) is 11.3 Å². The summed E-state index contributed by atoms with van der Waals surface area (Å²) in [5.74, 6) is 1.51. The van der Waals surface area contributed by atoms with Gasteiger partial charge in [-0.25, -0.2) is 0 Å². The topological polar surface area (TPSA) is 92.8 Å². The van der Waals surface area contributed by atoms with E-state index in [1.807, 2.05) is 42.8 Å². The molecule has 0 bridgehead atoms. The lowest BCUT2D eigenvalue weighted by molar-refractivity contribution is -0.113. The highest BCUT2D eigenvalue weighted by atomic mass is 32.2. The van der Waals surface area contributed by atoms with Crippen molar-refractivity contribution in [1.29, 1.82) is 5.26 Å². The fourth-order valence-electron chi connectivity index (χ4n) is 2.35. The van der Waals surface area contributed by atoms with Crippen LogP contribution in [-0.4, -0.2) is 33.0 Å². The number of nitriles is 1. The van der Waals surface area contributed by atoms with Crippen molar-refractivity contribution in [2.24, 2.45) is 7.05 Å². The van der Waals surface area contributed by atoms with E-state index in [2.05, 4.69) is 21.6 Å². The summed E-state index contributed by atoms with van der Waals surface area (Å²) in [5.41, 5.74) is 1.39. The molecule has 0 radical (unpaired) electrons. The highest BCUT2D eigenvalue weighted by Crippen LogP contribution is 2.26. The smallest absolute Gasteiger partial charge is 0.235 e. The molecule has 3 rings (SSSR count). The SMILES string of the molecule is CCOc1ccc(-c2nnc(SCC(=O)Nc3sccc3C#N)n2C)cc1. The molecule has 3 aromatic rings. The van der Waals surface area contributed by atoms with Crippen LogP contribution in [0.3, 0.4) is 0 Å². The number of carbonyl (C=O) groups excluding carboxylic acids is 1. The van der Waals surface area contributed by atoms with E-state index >= 15 is 0 Å². The number of hydrogen-bond acceptors (Lipinski definition) is 7. The molecular formula is C18H17N5O2S2. The van der Waals surface area contributed by atoms with Gasteiger partial charge in [-0.2, -0.15) is 5.26 Å². The van der Waals surface area contributed by atoms with Gasteiger partial charge in [-0.15, -0.1) is 21.5 Å². The Balaban J connectivity index is 1.63. The van der Waals surface area contributed by atoms with Gasteiger partial charge < -0.3 is 14.6 Å². The summed E-state index contributed by atoms with van der Waals surface area (Å²) in [4.78, 5) is 12.1. The maximum Gasteiger partial charge on any atom is 0.235 e. The Bertz CT molecular complexity index is 973. The molecule has 138 valence electrons. The van der Waals surface area contributed by atoms with Crippen LogP contribution in [-0.2, 0) is 11.8 Å². The van der Waals surface area contributed by atoms with Crippen molar-refractivity contribution in [3.8, 4) is 23.2 Å². The summed E-state index contributed by atoms with van der Waals surface area (Å²) >= 11 is 2.62. The third kappa shape index (κ3) is 4.48. The molecule has 0 aliphatic carbocycles. The second-order valence-corrected chi connectivity index (χ2v) is 7.29. The van der Waals surface area contributed by atoms with Crippen LogP contribution in [0.25, 0.3) is 11.4 Å². The lowest BCUT2D eigenvalue weighted by Gasteiger charge is -2.06. The summed E-state index contributed by atoms with van der Waals surface area (Å²) in [6.45, 7) is 2.56. The molecule has 0 saturated carbocycles. The highest BCUT2D eigenvalue weighted by Gasteiger charge is 2.14. The van der Waals surface area contributed by atoms with Gasteiger partial charge in [-0.1, -0.05) is 11.8 Å². The number of benzene rings is 1. The molecule has 9 heteroatoms. The van der Waals surface area contributed by atoms with Crippen molar-refractivity contribution in [2.45, 2.75) is 12.1 Å². The number of hydrogen-bond donors (Lipinski definition) is 1. The molecule has 0 fully saturated rings. The maximum absolute atomic E-state index is 12.1. The zero-order valence-corrected chi connectivity index (χ0v) is 16.4. The lowest BCUT2D eigenvalue weighted by atomic mass is 10.2. The number of thiophene rings is 1. The van der Waals surface area contributed by atoms with Crippen molar-refractivity contribution in [2.75, 3.05) is 17.7 Å². The molecule has 0 saturated heterocycles. The lowest BCUT2D eigenvalue weighted by Crippen LogP contribution is -2.14. The molecular weight excluding hydrogens is 382 g/mol. The minimum Gasteiger partial charge on any atom is -0.494 e. The third-order valence-electron chi connectivity index (χ3n) is 3.63. The second-order valence-electron chi connectivity index (χ2n) is 5.43. The van der Waals surface area contributed by atoms with Gasteiger partial charge in [-0.05, 0) is 42.6 Å². The Hall–Kier alpha value is -2.83. The van der Waals surface area contributed by atoms with Gasteiger partial charge >= 0.3 is 0 Å². The first-order valence-corrected chi connectivity index (χ1v) is 10.0. The van der Waals surface area contributed by atoms with Gasteiger partial charge in [0.1, 0.15) is 16.8 Å². The number of carbonyl (C=O) groups is 1. The van der Waals surface area contributed by atoms with E-state index in [1.54, 1.807) is 11.4 Å². The summed E-state index contributed by atoms with van der Waals surface area (Å²) in [7, 11) is 1.86. The van der Waals surface area contributed by atoms with Gasteiger partial charge in [0.2, 0.25) is 5.91 Å². The molecule has 0 unspecified atom stereocenters. The van der Waals surface area contributed by atoms with Crippen LogP contribution in [0.5, 0.6) is 5.75 Å². The fourth-order valence-corrected chi connectivity index (χ4v) is 3.81. The highest BCUT2D eigenvalue weighted by molar-refractivity contribution is 7.99. The fraction of sp³-hybridized carbons (Fsp3) is 0.222. The number of aromatic nitrogens is 3. The van der Waals surface area contributed by atoms with Crippen molar-refractivity contribution >= 4 is 34.0 Å². The molecule has 1 aromatic carbocycles. The Kier molecular flexibility index (Phi) is 6.11. The number of amides is 1. The number of rotatable bonds is 7. The molecule has 0 aliphatic heterocycles. The first-order chi connectivity index (χ1) is 13.1. The van der Waals surface area contributed by atoms with Crippen molar-refractivity contribution in [1.82, 2.24) is 14.8 Å². The predicted molar refractivity (Wildman–Crippen MR) is 106 cm³/mol. The molecule has 0 atom stereocenters. The Morgan fingerprint density at radius 2 is 2.11 bits per heavy atom. The van der Waals surface area contributed by atoms with E-state index in [-0.39, 0.29) is 11.7 Å². The quantitative estimate of drug-likeness (QED) is 0.611. The molecule has 1 N–H and O–H groups in total. The van der Waals surface area contributed by atoms with Gasteiger partial charge in [0.15, 0.2) is 11.0 Å². The van der Waals surface area contributed by atoms with E-state index in [9.17, 15) is 4.79 Å². The van der Waals surface area contributed by atoms with Crippen LogP contribution < -0.4 is 10.1 Å². The van der Waals surface area contributed by atoms with Crippen molar-refractivity contribution in [3.05, 3.63) is 41.3 Å². The van der Waals surface area contributed by atoms with Gasteiger partial charge in [-0.3, -0.25) is 4.79 Å². The number of nitrogens with one attached hydrogen (secondary N) is 1. The first-order valence-electron chi connectivity index (χ1n) is 8.15. The summed E-state index contributed by atoms with van der Waals surface area (Å²) in [6, 6.07) is 11.4. The van der Waals surface area contributed by atoms with E-state index in [0.29, 0.717) is 28.2 Å². The van der Waals surface area contributed by atoms with Crippen LogP contribution in [0.1, 0.15) is 12.5 Å². The minimum atomic E-state index is -0.190. The van der Waals surface area contributed by atoms with Gasteiger partial charge in [0.05, 0.1) is 17.9 Å². The molecule has 2 aromatic heterocycles. The average molecular weight is 400 g/mol. The van der Waals surface area contributed by atoms with Gasteiger partial charge in [0.25, 0.3) is 0 Å². The van der Waals surface area contributed by atoms with E-state index in [1.165, 1.54) is 23.1 Å². The second kappa shape index (κ2) is 8.70. The average Bonchev–Trinajstić information content (AvgIpc) is 3.27. The predicted octanol–water partition coefficient (Wildman–Crippen LogP) is 3.54. The molecule has 7 nitrogen and oxygen atoms in total. The summed E-state index contributed by atoms with van der Waals surface area (Å²) < 4.78 is 7.29.